The zero-order valence-electron chi connectivity index (χ0n) is 10.6. The summed E-state index contributed by atoms with van der Waals surface area (Å²) in [6.07, 6.45) is 1.03. The first-order valence-corrected chi connectivity index (χ1v) is 6.30. The zero-order chi connectivity index (χ0) is 12.8. The van der Waals surface area contributed by atoms with Gasteiger partial charge >= 0.3 is 0 Å². The van der Waals surface area contributed by atoms with Gasteiger partial charge in [0.15, 0.2) is 0 Å². The number of aliphatic hydroxyl groups excluding tert-OH is 1. The highest BCUT2D eigenvalue weighted by Gasteiger charge is 2.09. The SMILES string of the molecule is CCC(NCc1ccc(CO)o1)c1ccccc1. The second-order valence-electron chi connectivity index (χ2n) is 4.28. The molecule has 1 atom stereocenters. The molecular formula is C15H19NO2. The minimum Gasteiger partial charge on any atom is -0.462 e. The summed E-state index contributed by atoms with van der Waals surface area (Å²) >= 11 is 0. The predicted molar refractivity (Wildman–Crippen MR) is 70.9 cm³/mol. The molecule has 1 heterocycles. The molecular weight excluding hydrogens is 226 g/mol. The molecule has 0 aliphatic carbocycles. The first-order chi connectivity index (χ1) is 8.83. The molecule has 1 aromatic heterocycles. The van der Waals surface area contributed by atoms with Crippen LogP contribution in [-0.4, -0.2) is 5.11 Å². The van der Waals surface area contributed by atoms with Crippen LogP contribution in [0.4, 0.5) is 0 Å². The Bertz CT molecular complexity index is 464. The molecule has 0 fully saturated rings. The number of hydrogen-bond donors (Lipinski definition) is 2. The van der Waals surface area contributed by atoms with Gasteiger partial charge in [0.05, 0.1) is 6.54 Å². The molecule has 3 nitrogen and oxygen atoms in total. The molecule has 0 saturated carbocycles. The number of aliphatic hydroxyl groups is 1. The zero-order valence-corrected chi connectivity index (χ0v) is 10.6. The third kappa shape index (κ3) is 3.22. The Morgan fingerprint density at radius 3 is 2.44 bits per heavy atom. The highest BCUT2D eigenvalue weighted by molar-refractivity contribution is 5.19. The average molecular weight is 245 g/mol. The van der Waals surface area contributed by atoms with Crippen molar-refractivity contribution >= 4 is 0 Å². The third-order valence-electron chi connectivity index (χ3n) is 3.01. The van der Waals surface area contributed by atoms with E-state index in [9.17, 15) is 0 Å². The first kappa shape index (κ1) is 12.9. The maximum absolute atomic E-state index is 8.94. The van der Waals surface area contributed by atoms with E-state index in [2.05, 4.69) is 36.5 Å². The van der Waals surface area contributed by atoms with Crippen molar-refractivity contribution in [3.05, 3.63) is 59.5 Å². The highest BCUT2D eigenvalue weighted by atomic mass is 16.4. The minimum atomic E-state index is -0.0457. The Morgan fingerprint density at radius 2 is 1.83 bits per heavy atom. The molecule has 1 unspecified atom stereocenters. The second-order valence-corrected chi connectivity index (χ2v) is 4.28. The van der Waals surface area contributed by atoms with Crippen molar-refractivity contribution < 1.29 is 9.52 Å². The lowest BCUT2D eigenvalue weighted by Gasteiger charge is -2.16. The third-order valence-corrected chi connectivity index (χ3v) is 3.01. The van der Waals surface area contributed by atoms with Crippen molar-refractivity contribution in [2.45, 2.75) is 32.5 Å². The molecule has 0 radical (unpaired) electrons. The van der Waals surface area contributed by atoms with Gasteiger partial charge in [0.1, 0.15) is 18.1 Å². The van der Waals surface area contributed by atoms with Crippen molar-refractivity contribution in [2.24, 2.45) is 0 Å². The maximum Gasteiger partial charge on any atom is 0.129 e. The van der Waals surface area contributed by atoms with Gasteiger partial charge in [-0.1, -0.05) is 37.3 Å². The molecule has 0 bridgehead atoms. The fourth-order valence-corrected chi connectivity index (χ4v) is 2.01. The second kappa shape index (κ2) is 6.38. The normalized spacial score (nSPS) is 12.6. The van der Waals surface area contributed by atoms with E-state index in [0.717, 1.165) is 12.2 Å². The lowest BCUT2D eigenvalue weighted by atomic mass is 10.0. The van der Waals surface area contributed by atoms with Crippen LogP contribution in [0.15, 0.2) is 46.9 Å². The van der Waals surface area contributed by atoms with E-state index in [1.165, 1.54) is 5.56 Å². The molecule has 18 heavy (non-hydrogen) atoms. The highest BCUT2D eigenvalue weighted by Crippen LogP contribution is 2.17. The Labute approximate surface area is 107 Å². The van der Waals surface area contributed by atoms with E-state index >= 15 is 0 Å². The monoisotopic (exact) mass is 245 g/mol. The lowest BCUT2D eigenvalue weighted by Crippen LogP contribution is -2.19. The Balaban J connectivity index is 1.95. The van der Waals surface area contributed by atoms with Gasteiger partial charge < -0.3 is 14.8 Å². The van der Waals surface area contributed by atoms with E-state index in [1.54, 1.807) is 6.07 Å². The number of hydrogen-bond acceptors (Lipinski definition) is 3. The van der Waals surface area contributed by atoms with Crippen LogP contribution in [-0.2, 0) is 13.2 Å². The van der Waals surface area contributed by atoms with E-state index < -0.39 is 0 Å². The van der Waals surface area contributed by atoms with Gasteiger partial charge in [0, 0.05) is 6.04 Å². The summed E-state index contributed by atoms with van der Waals surface area (Å²) < 4.78 is 5.45. The molecule has 0 aliphatic rings. The molecule has 2 aromatic rings. The standard InChI is InChI=1S/C15H19NO2/c1-2-15(12-6-4-3-5-7-12)16-10-13-8-9-14(11-17)18-13/h3-9,15-17H,2,10-11H2,1H3. The first-order valence-electron chi connectivity index (χ1n) is 6.30. The molecule has 0 amide bonds. The molecule has 0 saturated heterocycles. The summed E-state index contributed by atoms with van der Waals surface area (Å²) in [4.78, 5) is 0. The van der Waals surface area contributed by atoms with Crippen LogP contribution in [0.3, 0.4) is 0 Å². The maximum atomic E-state index is 8.94. The van der Waals surface area contributed by atoms with Crippen molar-refractivity contribution in [2.75, 3.05) is 0 Å². The lowest BCUT2D eigenvalue weighted by molar-refractivity contribution is 0.242. The summed E-state index contributed by atoms with van der Waals surface area (Å²) in [5.41, 5.74) is 1.29. The Kier molecular flexibility index (Phi) is 4.56. The summed E-state index contributed by atoms with van der Waals surface area (Å²) in [6, 6.07) is 14.4. The predicted octanol–water partition coefficient (Wildman–Crippen LogP) is 3.01. The van der Waals surface area contributed by atoms with Crippen molar-refractivity contribution in [1.29, 1.82) is 0 Å². The number of rotatable bonds is 6. The van der Waals surface area contributed by atoms with Crippen molar-refractivity contribution in [1.82, 2.24) is 5.32 Å². The number of benzene rings is 1. The van der Waals surface area contributed by atoms with E-state index in [0.29, 0.717) is 18.3 Å². The van der Waals surface area contributed by atoms with E-state index in [4.69, 9.17) is 9.52 Å². The quantitative estimate of drug-likeness (QED) is 0.822. The van der Waals surface area contributed by atoms with Crippen LogP contribution >= 0.6 is 0 Å². The van der Waals surface area contributed by atoms with Gasteiger partial charge in [-0.2, -0.15) is 0 Å². The van der Waals surface area contributed by atoms with Gasteiger partial charge in [-0.05, 0) is 24.1 Å². The average Bonchev–Trinajstić information content (AvgIpc) is 2.89. The summed E-state index contributed by atoms with van der Waals surface area (Å²) in [6.45, 7) is 2.79. The molecule has 96 valence electrons. The summed E-state index contributed by atoms with van der Waals surface area (Å²) in [5, 5.41) is 12.4. The van der Waals surface area contributed by atoms with E-state index in [1.807, 2.05) is 12.1 Å². The van der Waals surface area contributed by atoms with Gasteiger partial charge in [-0.15, -0.1) is 0 Å². The van der Waals surface area contributed by atoms with Crippen LogP contribution in [0.2, 0.25) is 0 Å². The topological polar surface area (TPSA) is 45.4 Å². The van der Waals surface area contributed by atoms with Crippen molar-refractivity contribution in [3.8, 4) is 0 Å². The van der Waals surface area contributed by atoms with Crippen LogP contribution in [0.5, 0.6) is 0 Å². The molecule has 2 rings (SSSR count). The van der Waals surface area contributed by atoms with Gasteiger partial charge in [-0.25, -0.2) is 0 Å². The van der Waals surface area contributed by atoms with Crippen molar-refractivity contribution in [3.63, 3.8) is 0 Å². The smallest absolute Gasteiger partial charge is 0.129 e. The fourth-order valence-electron chi connectivity index (χ4n) is 2.01. The minimum absolute atomic E-state index is 0.0457. The van der Waals surface area contributed by atoms with Crippen LogP contribution in [0.25, 0.3) is 0 Å². The van der Waals surface area contributed by atoms with E-state index in [-0.39, 0.29) is 6.61 Å². The molecule has 0 aliphatic heterocycles. The van der Waals surface area contributed by atoms with Gasteiger partial charge in [0.25, 0.3) is 0 Å². The van der Waals surface area contributed by atoms with Gasteiger partial charge in [0.2, 0.25) is 0 Å². The summed E-state index contributed by atoms with van der Waals surface area (Å²) in [5.74, 6) is 1.47. The number of nitrogens with one attached hydrogen (secondary N) is 1. The fraction of sp³-hybridized carbons (Fsp3) is 0.333. The Hall–Kier alpha value is -1.58. The molecule has 0 spiro atoms. The number of furan rings is 1. The van der Waals surface area contributed by atoms with Crippen LogP contribution in [0, 0.1) is 0 Å². The van der Waals surface area contributed by atoms with Gasteiger partial charge in [-0.3, -0.25) is 0 Å². The molecule has 2 N–H and O–H groups in total. The van der Waals surface area contributed by atoms with Crippen LogP contribution in [0.1, 0.15) is 36.5 Å². The summed E-state index contributed by atoms with van der Waals surface area (Å²) in [7, 11) is 0. The molecule has 1 aromatic carbocycles. The largest absolute Gasteiger partial charge is 0.462 e. The van der Waals surface area contributed by atoms with Crippen LogP contribution < -0.4 is 5.32 Å². The Morgan fingerprint density at radius 1 is 1.11 bits per heavy atom. The molecule has 3 heteroatoms.